The van der Waals surface area contributed by atoms with Gasteiger partial charge in [-0.3, -0.25) is 0 Å². The zero-order valence-electron chi connectivity index (χ0n) is 14.1. The Morgan fingerprint density at radius 3 is 2.75 bits per heavy atom. The lowest BCUT2D eigenvalue weighted by atomic mass is 10.0. The SMILES string of the molecule is COc1cccc(C(CO)NC2CCN(c3ccccn3)CC2)c1. The van der Waals surface area contributed by atoms with E-state index in [1.807, 2.05) is 42.6 Å². The first-order valence-electron chi connectivity index (χ1n) is 8.47. The van der Waals surface area contributed by atoms with Crippen LogP contribution in [0.4, 0.5) is 5.82 Å². The molecule has 2 N–H and O–H groups in total. The fraction of sp³-hybridized carbons (Fsp3) is 0.421. The van der Waals surface area contributed by atoms with E-state index in [4.69, 9.17) is 4.74 Å². The van der Waals surface area contributed by atoms with Gasteiger partial charge in [0.15, 0.2) is 0 Å². The number of hydrogen-bond donors (Lipinski definition) is 2. The summed E-state index contributed by atoms with van der Waals surface area (Å²) in [5.41, 5.74) is 1.06. The number of ether oxygens (including phenoxy) is 1. The molecule has 1 fully saturated rings. The molecule has 1 atom stereocenters. The number of nitrogens with one attached hydrogen (secondary N) is 1. The van der Waals surface area contributed by atoms with Crippen LogP contribution in [0.5, 0.6) is 5.75 Å². The van der Waals surface area contributed by atoms with Gasteiger partial charge in [-0.25, -0.2) is 4.98 Å². The van der Waals surface area contributed by atoms with Crippen LogP contribution in [-0.2, 0) is 0 Å². The van der Waals surface area contributed by atoms with Crippen LogP contribution in [0.2, 0.25) is 0 Å². The number of aliphatic hydroxyl groups excluding tert-OH is 1. The molecule has 2 aromatic rings. The fourth-order valence-electron chi connectivity index (χ4n) is 3.21. The molecule has 0 spiro atoms. The molecular formula is C19H25N3O2. The van der Waals surface area contributed by atoms with Crippen molar-refractivity contribution >= 4 is 5.82 Å². The topological polar surface area (TPSA) is 57.6 Å². The Morgan fingerprint density at radius 2 is 2.08 bits per heavy atom. The summed E-state index contributed by atoms with van der Waals surface area (Å²) in [4.78, 5) is 6.74. The largest absolute Gasteiger partial charge is 0.497 e. The van der Waals surface area contributed by atoms with Gasteiger partial charge >= 0.3 is 0 Å². The van der Waals surface area contributed by atoms with E-state index in [1.165, 1.54) is 0 Å². The Balaban J connectivity index is 1.58. The molecule has 0 bridgehead atoms. The highest BCUT2D eigenvalue weighted by atomic mass is 16.5. The van der Waals surface area contributed by atoms with E-state index in [0.717, 1.165) is 43.1 Å². The molecule has 24 heavy (non-hydrogen) atoms. The average molecular weight is 327 g/mol. The van der Waals surface area contributed by atoms with Gasteiger partial charge in [0.25, 0.3) is 0 Å². The highest BCUT2D eigenvalue weighted by Crippen LogP contribution is 2.22. The van der Waals surface area contributed by atoms with E-state index in [9.17, 15) is 5.11 Å². The average Bonchev–Trinajstić information content (AvgIpc) is 2.67. The van der Waals surface area contributed by atoms with Crippen molar-refractivity contribution in [1.29, 1.82) is 0 Å². The zero-order valence-corrected chi connectivity index (χ0v) is 14.1. The van der Waals surface area contributed by atoms with Gasteiger partial charge in [0.05, 0.1) is 19.8 Å². The predicted molar refractivity (Wildman–Crippen MR) is 95.4 cm³/mol. The summed E-state index contributed by atoms with van der Waals surface area (Å²) in [5, 5.41) is 13.4. The predicted octanol–water partition coefficient (Wildman–Crippen LogP) is 2.38. The van der Waals surface area contributed by atoms with Crippen molar-refractivity contribution in [3.05, 3.63) is 54.2 Å². The Morgan fingerprint density at radius 1 is 1.25 bits per heavy atom. The molecule has 2 heterocycles. The smallest absolute Gasteiger partial charge is 0.128 e. The van der Waals surface area contributed by atoms with Crippen molar-refractivity contribution in [2.24, 2.45) is 0 Å². The van der Waals surface area contributed by atoms with Gasteiger partial charge in [-0.2, -0.15) is 0 Å². The van der Waals surface area contributed by atoms with Crippen LogP contribution < -0.4 is 15.0 Å². The molecule has 3 rings (SSSR count). The lowest BCUT2D eigenvalue weighted by Gasteiger charge is -2.35. The minimum Gasteiger partial charge on any atom is -0.497 e. The number of anilines is 1. The molecule has 1 aromatic heterocycles. The van der Waals surface area contributed by atoms with Gasteiger partial charge in [0, 0.05) is 25.3 Å². The zero-order chi connectivity index (χ0) is 16.8. The van der Waals surface area contributed by atoms with Gasteiger partial charge in [0.2, 0.25) is 0 Å². The van der Waals surface area contributed by atoms with E-state index >= 15 is 0 Å². The van der Waals surface area contributed by atoms with E-state index in [0.29, 0.717) is 6.04 Å². The second-order valence-electron chi connectivity index (χ2n) is 6.13. The number of methoxy groups -OCH3 is 1. The first-order valence-corrected chi connectivity index (χ1v) is 8.47. The normalized spacial score (nSPS) is 16.8. The molecule has 128 valence electrons. The van der Waals surface area contributed by atoms with Crippen molar-refractivity contribution in [2.75, 3.05) is 31.7 Å². The van der Waals surface area contributed by atoms with Crippen LogP contribution in [0.3, 0.4) is 0 Å². The summed E-state index contributed by atoms with van der Waals surface area (Å²) < 4.78 is 5.28. The van der Waals surface area contributed by atoms with Gasteiger partial charge in [0.1, 0.15) is 11.6 Å². The fourth-order valence-corrected chi connectivity index (χ4v) is 3.21. The van der Waals surface area contributed by atoms with E-state index < -0.39 is 0 Å². The summed E-state index contributed by atoms with van der Waals surface area (Å²) in [5.74, 6) is 1.86. The summed E-state index contributed by atoms with van der Waals surface area (Å²) in [7, 11) is 1.66. The molecule has 1 aliphatic heterocycles. The van der Waals surface area contributed by atoms with Gasteiger partial charge < -0.3 is 20.1 Å². The third kappa shape index (κ3) is 4.04. The van der Waals surface area contributed by atoms with E-state index in [-0.39, 0.29) is 12.6 Å². The third-order valence-electron chi connectivity index (χ3n) is 4.58. The number of piperidine rings is 1. The molecule has 0 radical (unpaired) electrons. The number of benzene rings is 1. The monoisotopic (exact) mass is 327 g/mol. The maximum absolute atomic E-state index is 9.78. The molecule has 0 aliphatic carbocycles. The summed E-state index contributed by atoms with van der Waals surface area (Å²) in [6.07, 6.45) is 3.92. The van der Waals surface area contributed by atoms with Crippen LogP contribution >= 0.6 is 0 Å². The highest BCUT2D eigenvalue weighted by Gasteiger charge is 2.23. The Labute approximate surface area is 143 Å². The second kappa shape index (κ2) is 8.13. The maximum atomic E-state index is 9.78. The van der Waals surface area contributed by atoms with Crippen LogP contribution in [0.25, 0.3) is 0 Å². The lowest BCUT2D eigenvalue weighted by Crippen LogP contribution is -2.44. The number of nitrogens with zero attached hydrogens (tertiary/aromatic N) is 2. The third-order valence-corrected chi connectivity index (χ3v) is 4.58. The van der Waals surface area contributed by atoms with Crippen LogP contribution in [-0.4, -0.2) is 42.9 Å². The Bertz CT molecular complexity index is 628. The molecule has 5 nitrogen and oxygen atoms in total. The summed E-state index contributed by atoms with van der Waals surface area (Å²) in [6, 6.07) is 14.2. The van der Waals surface area contributed by atoms with Crippen molar-refractivity contribution in [1.82, 2.24) is 10.3 Å². The number of hydrogen-bond acceptors (Lipinski definition) is 5. The summed E-state index contributed by atoms with van der Waals surface area (Å²) >= 11 is 0. The van der Waals surface area contributed by atoms with Gasteiger partial charge in [-0.1, -0.05) is 18.2 Å². The number of rotatable bonds is 6. The first kappa shape index (κ1) is 16.7. The van der Waals surface area contributed by atoms with Crippen LogP contribution in [0.1, 0.15) is 24.4 Å². The van der Waals surface area contributed by atoms with E-state index in [1.54, 1.807) is 7.11 Å². The van der Waals surface area contributed by atoms with Crippen LogP contribution in [0, 0.1) is 0 Å². The van der Waals surface area contributed by atoms with Crippen molar-refractivity contribution in [3.63, 3.8) is 0 Å². The lowest BCUT2D eigenvalue weighted by molar-refractivity contribution is 0.224. The minimum atomic E-state index is -0.0634. The van der Waals surface area contributed by atoms with Gasteiger partial charge in [-0.05, 0) is 42.7 Å². The first-order chi connectivity index (χ1) is 11.8. The number of aliphatic hydroxyl groups is 1. The standard InChI is InChI=1S/C19H25N3O2/c1-24-17-6-4-5-15(13-17)18(14-23)21-16-8-11-22(12-9-16)19-7-2-3-10-20-19/h2-7,10,13,16,18,21,23H,8-9,11-12,14H2,1H3. The van der Waals surface area contributed by atoms with Crippen molar-refractivity contribution in [3.8, 4) is 5.75 Å². The molecule has 0 saturated carbocycles. The molecular weight excluding hydrogens is 302 g/mol. The van der Waals surface area contributed by atoms with Crippen molar-refractivity contribution in [2.45, 2.75) is 24.9 Å². The quantitative estimate of drug-likeness (QED) is 0.853. The summed E-state index contributed by atoms with van der Waals surface area (Å²) in [6.45, 7) is 2.03. The Hall–Kier alpha value is -2.11. The second-order valence-corrected chi connectivity index (χ2v) is 6.13. The van der Waals surface area contributed by atoms with Gasteiger partial charge in [-0.15, -0.1) is 0 Å². The molecule has 1 aromatic carbocycles. The maximum Gasteiger partial charge on any atom is 0.128 e. The van der Waals surface area contributed by atoms with Crippen LogP contribution in [0.15, 0.2) is 48.7 Å². The number of aromatic nitrogens is 1. The molecule has 1 unspecified atom stereocenters. The molecule has 1 saturated heterocycles. The van der Waals surface area contributed by atoms with E-state index in [2.05, 4.69) is 21.3 Å². The van der Waals surface area contributed by atoms with Crippen molar-refractivity contribution < 1.29 is 9.84 Å². The number of pyridine rings is 1. The Kier molecular flexibility index (Phi) is 5.67. The minimum absolute atomic E-state index is 0.0634. The highest BCUT2D eigenvalue weighted by molar-refractivity contribution is 5.38. The molecule has 5 heteroatoms. The molecule has 1 aliphatic rings. The molecule has 0 amide bonds.